The molecule has 1 saturated heterocycles. The molecule has 0 saturated carbocycles. The predicted octanol–water partition coefficient (Wildman–Crippen LogP) is 3.01. The summed E-state index contributed by atoms with van der Waals surface area (Å²) in [5, 5.41) is 2.92. The lowest BCUT2D eigenvalue weighted by molar-refractivity contribution is 0.0946. The highest BCUT2D eigenvalue weighted by Crippen LogP contribution is 2.18. The van der Waals surface area contributed by atoms with Crippen LogP contribution in [0.1, 0.15) is 35.2 Å². The average molecular weight is 402 g/mol. The fourth-order valence-corrected chi connectivity index (χ4v) is 4.32. The van der Waals surface area contributed by atoms with Gasteiger partial charge < -0.3 is 10.2 Å². The number of hydrogen-bond acceptors (Lipinski definition) is 4. The van der Waals surface area contributed by atoms with Crippen LogP contribution in [0.3, 0.4) is 0 Å². The van der Waals surface area contributed by atoms with E-state index in [2.05, 4.69) is 14.9 Å². The molecule has 150 valence electrons. The molecule has 1 aliphatic rings. The maximum Gasteiger partial charge on any atom is 0.261 e. The van der Waals surface area contributed by atoms with Crippen molar-refractivity contribution in [2.75, 3.05) is 30.9 Å². The number of anilines is 1. The van der Waals surface area contributed by atoms with E-state index in [1.165, 1.54) is 19.3 Å². The number of amides is 1. The summed E-state index contributed by atoms with van der Waals surface area (Å²) in [7, 11) is -3.69. The van der Waals surface area contributed by atoms with Crippen LogP contribution in [0.25, 0.3) is 0 Å². The van der Waals surface area contributed by atoms with Gasteiger partial charge in [0.2, 0.25) is 0 Å². The van der Waals surface area contributed by atoms with E-state index < -0.39 is 10.0 Å². The highest BCUT2D eigenvalue weighted by Gasteiger charge is 2.15. The van der Waals surface area contributed by atoms with Crippen molar-refractivity contribution >= 4 is 21.6 Å². The van der Waals surface area contributed by atoms with Crippen molar-refractivity contribution in [3.05, 3.63) is 59.7 Å². The number of rotatable bonds is 7. The van der Waals surface area contributed by atoms with Crippen molar-refractivity contribution < 1.29 is 13.2 Å². The fraction of sp³-hybridized carbons (Fsp3) is 0.381. The van der Waals surface area contributed by atoms with E-state index in [4.69, 9.17) is 0 Å². The second-order valence-corrected chi connectivity index (χ2v) is 8.84. The molecule has 2 N–H and O–H groups in total. The van der Waals surface area contributed by atoms with Crippen LogP contribution < -0.4 is 10.0 Å². The average Bonchev–Trinajstić information content (AvgIpc) is 2.69. The maximum absolute atomic E-state index is 12.5. The molecule has 0 bridgehead atoms. The van der Waals surface area contributed by atoms with Crippen LogP contribution >= 0.6 is 0 Å². The van der Waals surface area contributed by atoms with Gasteiger partial charge in [-0.25, -0.2) is 8.42 Å². The zero-order chi connectivity index (χ0) is 20.0. The van der Waals surface area contributed by atoms with Crippen LogP contribution in [0.15, 0.2) is 53.4 Å². The number of carbonyl (C=O) groups is 1. The molecule has 1 amide bonds. The van der Waals surface area contributed by atoms with Gasteiger partial charge in [-0.1, -0.05) is 30.2 Å². The van der Waals surface area contributed by atoms with Gasteiger partial charge >= 0.3 is 0 Å². The van der Waals surface area contributed by atoms with Gasteiger partial charge in [0.05, 0.1) is 4.90 Å². The number of nitrogens with one attached hydrogen (secondary N) is 2. The molecule has 28 heavy (non-hydrogen) atoms. The van der Waals surface area contributed by atoms with E-state index in [0.717, 1.165) is 25.2 Å². The van der Waals surface area contributed by atoms with E-state index in [9.17, 15) is 13.2 Å². The first-order chi connectivity index (χ1) is 13.4. The van der Waals surface area contributed by atoms with Gasteiger partial charge in [0.25, 0.3) is 15.9 Å². The van der Waals surface area contributed by atoms with Crippen molar-refractivity contribution in [1.29, 1.82) is 0 Å². The summed E-state index contributed by atoms with van der Waals surface area (Å²) >= 11 is 0. The molecule has 1 fully saturated rings. The topological polar surface area (TPSA) is 78.5 Å². The minimum absolute atomic E-state index is 0.189. The Bertz CT molecular complexity index is 905. The molecule has 3 rings (SSSR count). The fourth-order valence-electron chi connectivity index (χ4n) is 3.27. The standard InChI is InChI=1S/C21H27N3O3S/c1-17-8-10-20(11-9-17)28(26,27)23-19-7-5-6-18(16-19)21(25)22-12-15-24-13-3-2-4-14-24/h5-11,16,23H,2-4,12-15H2,1H3,(H,22,25). The minimum atomic E-state index is -3.69. The van der Waals surface area contributed by atoms with Gasteiger partial charge in [0.1, 0.15) is 0 Å². The smallest absolute Gasteiger partial charge is 0.261 e. The monoisotopic (exact) mass is 401 g/mol. The lowest BCUT2D eigenvalue weighted by Gasteiger charge is -2.26. The molecule has 1 aliphatic heterocycles. The van der Waals surface area contributed by atoms with E-state index in [0.29, 0.717) is 17.8 Å². The van der Waals surface area contributed by atoms with Crippen LogP contribution in [0.2, 0.25) is 0 Å². The van der Waals surface area contributed by atoms with Gasteiger partial charge in [-0.3, -0.25) is 9.52 Å². The first kappa shape index (κ1) is 20.4. The summed E-state index contributed by atoms with van der Waals surface area (Å²) < 4.78 is 27.6. The third-order valence-corrected chi connectivity index (χ3v) is 6.27. The first-order valence-electron chi connectivity index (χ1n) is 9.64. The van der Waals surface area contributed by atoms with Crippen molar-refractivity contribution in [3.8, 4) is 0 Å². The number of piperidine rings is 1. The molecule has 0 spiro atoms. The van der Waals surface area contributed by atoms with E-state index in [1.807, 2.05) is 6.92 Å². The molecule has 0 radical (unpaired) electrons. The number of sulfonamides is 1. The molecule has 0 unspecified atom stereocenters. The Kier molecular flexibility index (Phi) is 6.70. The zero-order valence-electron chi connectivity index (χ0n) is 16.1. The number of aryl methyl sites for hydroxylation is 1. The van der Waals surface area contributed by atoms with Crippen LogP contribution in [-0.2, 0) is 10.0 Å². The molecule has 1 heterocycles. The Labute approximate surface area is 167 Å². The largest absolute Gasteiger partial charge is 0.351 e. The predicted molar refractivity (Wildman–Crippen MR) is 111 cm³/mol. The summed E-state index contributed by atoms with van der Waals surface area (Å²) in [6.07, 6.45) is 3.72. The number of carbonyl (C=O) groups excluding carboxylic acids is 1. The Morgan fingerprint density at radius 1 is 1.04 bits per heavy atom. The Balaban J connectivity index is 1.59. The Morgan fingerprint density at radius 3 is 2.46 bits per heavy atom. The number of likely N-dealkylation sites (tertiary alicyclic amines) is 1. The third-order valence-electron chi connectivity index (χ3n) is 4.87. The number of hydrogen-bond donors (Lipinski definition) is 2. The van der Waals surface area contributed by atoms with Gasteiger partial charge in [0.15, 0.2) is 0 Å². The minimum Gasteiger partial charge on any atom is -0.351 e. The molecular weight excluding hydrogens is 374 g/mol. The molecule has 7 heteroatoms. The summed E-state index contributed by atoms with van der Waals surface area (Å²) in [4.78, 5) is 15.0. The van der Waals surface area contributed by atoms with Crippen LogP contribution in [-0.4, -0.2) is 45.4 Å². The first-order valence-corrected chi connectivity index (χ1v) is 11.1. The molecule has 2 aromatic carbocycles. The highest BCUT2D eigenvalue weighted by atomic mass is 32.2. The third kappa shape index (κ3) is 5.56. The molecule has 0 aliphatic carbocycles. The van der Waals surface area contributed by atoms with E-state index in [1.54, 1.807) is 48.5 Å². The molecule has 0 atom stereocenters. The van der Waals surface area contributed by atoms with Gasteiger partial charge in [0, 0.05) is 24.3 Å². The highest BCUT2D eigenvalue weighted by molar-refractivity contribution is 7.92. The van der Waals surface area contributed by atoms with Gasteiger partial charge in [-0.2, -0.15) is 0 Å². The molecule has 6 nitrogen and oxygen atoms in total. The number of benzene rings is 2. The van der Waals surface area contributed by atoms with Crippen molar-refractivity contribution in [2.24, 2.45) is 0 Å². The summed E-state index contributed by atoms with van der Waals surface area (Å²) in [5.41, 5.74) is 1.79. The summed E-state index contributed by atoms with van der Waals surface area (Å²) in [6, 6.07) is 13.2. The molecule has 0 aromatic heterocycles. The van der Waals surface area contributed by atoms with Crippen molar-refractivity contribution in [2.45, 2.75) is 31.1 Å². The van der Waals surface area contributed by atoms with E-state index >= 15 is 0 Å². The lowest BCUT2D eigenvalue weighted by atomic mass is 10.1. The second-order valence-electron chi connectivity index (χ2n) is 7.16. The van der Waals surface area contributed by atoms with Crippen LogP contribution in [0.4, 0.5) is 5.69 Å². The normalized spacial score (nSPS) is 15.2. The quantitative estimate of drug-likeness (QED) is 0.748. The maximum atomic E-state index is 12.5. The van der Waals surface area contributed by atoms with Gasteiger partial charge in [-0.05, 0) is 63.2 Å². The van der Waals surface area contributed by atoms with Crippen molar-refractivity contribution in [3.63, 3.8) is 0 Å². The molecule has 2 aromatic rings. The van der Waals surface area contributed by atoms with Crippen molar-refractivity contribution in [1.82, 2.24) is 10.2 Å². The summed E-state index contributed by atoms with van der Waals surface area (Å²) in [6.45, 7) is 5.50. The Morgan fingerprint density at radius 2 is 1.75 bits per heavy atom. The zero-order valence-corrected chi connectivity index (χ0v) is 17.0. The molecular formula is C21H27N3O3S. The van der Waals surface area contributed by atoms with Crippen LogP contribution in [0.5, 0.6) is 0 Å². The van der Waals surface area contributed by atoms with Gasteiger partial charge in [-0.15, -0.1) is 0 Å². The number of nitrogens with zero attached hydrogens (tertiary/aromatic N) is 1. The Hall–Kier alpha value is -2.38. The second kappa shape index (κ2) is 9.21. The lowest BCUT2D eigenvalue weighted by Crippen LogP contribution is -2.37. The SMILES string of the molecule is Cc1ccc(S(=O)(=O)Nc2cccc(C(=O)NCCN3CCCCC3)c2)cc1. The van der Waals surface area contributed by atoms with Crippen LogP contribution in [0, 0.1) is 6.92 Å². The summed E-state index contributed by atoms with van der Waals surface area (Å²) in [5.74, 6) is -0.201. The van der Waals surface area contributed by atoms with E-state index in [-0.39, 0.29) is 10.8 Å².